The van der Waals surface area contributed by atoms with Gasteiger partial charge in [0.05, 0.1) is 36.2 Å². The summed E-state index contributed by atoms with van der Waals surface area (Å²) in [6.45, 7) is 8.57. The summed E-state index contributed by atoms with van der Waals surface area (Å²) in [6.07, 6.45) is 0. The molecular weight excluding hydrogens is 408 g/mol. The molecule has 31 heavy (non-hydrogen) atoms. The van der Waals surface area contributed by atoms with Crippen LogP contribution in [0.5, 0.6) is 5.75 Å². The number of fused-ring (bicyclic) bond motifs is 1. The second kappa shape index (κ2) is 9.02. The molecule has 0 N–H and O–H groups in total. The molecule has 0 amide bonds. The molecule has 2 aliphatic rings. The third kappa shape index (κ3) is 4.00. The van der Waals surface area contributed by atoms with Gasteiger partial charge in [-0.1, -0.05) is 59.8 Å². The van der Waals surface area contributed by atoms with Gasteiger partial charge < -0.3 is 14.4 Å². The van der Waals surface area contributed by atoms with Crippen LogP contribution < -0.4 is 4.74 Å². The van der Waals surface area contributed by atoms with Gasteiger partial charge in [-0.05, 0) is 39.3 Å². The van der Waals surface area contributed by atoms with Crippen molar-refractivity contribution in [3.05, 3.63) is 81.9 Å². The predicted octanol–water partition coefficient (Wildman–Crippen LogP) is 5.69. The summed E-state index contributed by atoms with van der Waals surface area (Å²) in [4.78, 5) is 20.0. The first kappa shape index (κ1) is 21.2. The molecule has 0 spiro atoms. The number of esters is 1. The highest BCUT2D eigenvalue weighted by atomic mass is 32.2. The number of hydrogen-bond donors (Lipinski definition) is 0. The number of para-hydroxylation sites is 1. The molecule has 0 unspecified atom stereocenters. The number of aliphatic imine (C=N–C) groups is 1. The van der Waals surface area contributed by atoms with Gasteiger partial charge in [0.25, 0.3) is 0 Å². The second-order valence-electron chi connectivity index (χ2n) is 7.34. The zero-order chi connectivity index (χ0) is 22.0. The Kier molecular flexibility index (Phi) is 6.18. The highest BCUT2D eigenvalue weighted by Gasteiger charge is 2.42. The minimum Gasteiger partial charge on any atom is -0.494 e. The Hall–Kier alpha value is -2.99. The molecule has 2 aliphatic heterocycles. The molecule has 0 fully saturated rings. The molecule has 4 rings (SSSR count). The van der Waals surface area contributed by atoms with Crippen molar-refractivity contribution in [1.29, 1.82) is 0 Å². The van der Waals surface area contributed by atoms with E-state index in [0.29, 0.717) is 24.5 Å². The molecule has 2 aromatic carbocycles. The first-order valence-electron chi connectivity index (χ1n) is 10.5. The number of carbonyl (C=O) groups excluding carboxylic acids is 1. The van der Waals surface area contributed by atoms with Gasteiger partial charge in [-0.25, -0.2) is 9.79 Å². The van der Waals surface area contributed by atoms with Gasteiger partial charge >= 0.3 is 5.97 Å². The van der Waals surface area contributed by atoms with E-state index in [1.54, 1.807) is 11.8 Å². The van der Waals surface area contributed by atoms with Crippen LogP contribution in [0, 0.1) is 6.92 Å². The minimum absolute atomic E-state index is 0.307. The zero-order valence-electron chi connectivity index (χ0n) is 18.2. The van der Waals surface area contributed by atoms with Crippen LogP contribution >= 0.6 is 11.8 Å². The molecule has 0 saturated heterocycles. The predicted molar refractivity (Wildman–Crippen MR) is 126 cm³/mol. The summed E-state index contributed by atoms with van der Waals surface area (Å²) in [5, 5.41) is 2.94. The first-order chi connectivity index (χ1) is 15.0. The molecule has 0 aliphatic carbocycles. The SMILES string of the molecule is CCOC(=O)C1=C(C)N=C2SC=C(c3ccc(C)cc3)N2[C@H]1c1ccccc1OCC. The Morgan fingerprint density at radius 1 is 1.06 bits per heavy atom. The third-order valence-corrected chi connectivity index (χ3v) is 6.12. The van der Waals surface area contributed by atoms with Crippen molar-refractivity contribution in [1.82, 2.24) is 4.90 Å². The highest BCUT2D eigenvalue weighted by Crippen LogP contribution is 2.48. The number of thioether (sulfide) groups is 1. The third-order valence-electron chi connectivity index (χ3n) is 5.28. The average molecular weight is 435 g/mol. The largest absolute Gasteiger partial charge is 0.494 e. The normalized spacial score (nSPS) is 17.8. The van der Waals surface area contributed by atoms with Crippen molar-refractivity contribution in [3.8, 4) is 5.75 Å². The summed E-state index contributed by atoms with van der Waals surface area (Å²) >= 11 is 1.57. The molecule has 5 nitrogen and oxygen atoms in total. The van der Waals surface area contributed by atoms with Gasteiger partial charge in [0.1, 0.15) is 5.75 Å². The number of carbonyl (C=O) groups is 1. The van der Waals surface area contributed by atoms with Crippen LogP contribution in [-0.2, 0) is 9.53 Å². The van der Waals surface area contributed by atoms with Crippen molar-refractivity contribution >= 4 is 28.6 Å². The fourth-order valence-corrected chi connectivity index (χ4v) is 4.85. The van der Waals surface area contributed by atoms with E-state index >= 15 is 0 Å². The van der Waals surface area contributed by atoms with Gasteiger partial charge in [-0.15, -0.1) is 0 Å². The van der Waals surface area contributed by atoms with E-state index in [2.05, 4.69) is 41.5 Å². The number of allylic oxidation sites excluding steroid dienone is 1. The maximum absolute atomic E-state index is 13.1. The lowest BCUT2D eigenvalue weighted by atomic mass is 9.92. The second-order valence-corrected chi connectivity index (χ2v) is 8.18. The fourth-order valence-electron chi connectivity index (χ4n) is 3.87. The summed E-state index contributed by atoms with van der Waals surface area (Å²) in [5.41, 5.74) is 5.41. The molecule has 2 aromatic rings. The lowest BCUT2D eigenvalue weighted by Gasteiger charge is -2.37. The van der Waals surface area contributed by atoms with Crippen molar-refractivity contribution in [2.75, 3.05) is 13.2 Å². The summed E-state index contributed by atoms with van der Waals surface area (Å²) < 4.78 is 11.4. The molecule has 0 aromatic heterocycles. The Morgan fingerprint density at radius 3 is 2.52 bits per heavy atom. The van der Waals surface area contributed by atoms with Gasteiger partial charge in [0, 0.05) is 11.0 Å². The number of rotatable bonds is 6. The van der Waals surface area contributed by atoms with Crippen LogP contribution in [0.4, 0.5) is 0 Å². The number of nitrogens with zero attached hydrogens (tertiary/aromatic N) is 2. The zero-order valence-corrected chi connectivity index (χ0v) is 19.0. The van der Waals surface area contributed by atoms with E-state index < -0.39 is 6.04 Å². The first-order valence-corrected chi connectivity index (χ1v) is 11.3. The topological polar surface area (TPSA) is 51.1 Å². The van der Waals surface area contributed by atoms with E-state index in [0.717, 1.165) is 27.7 Å². The Bertz CT molecular complexity index is 1090. The van der Waals surface area contributed by atoms with Crippen molar-refractivity contribution in [2.45, 2.75) is 33.7 Å². The molecular formula is C25H26N2O3S. The number of benzene rings is 2. The maximum Gasteiger partial charge on any atom is 0.338 e. The smallest absolute Gasteiger partial charge is 0.338 e. The van der Waals surface area contributed by atoms with Crippen LogP contribution in [0.1, 0.15) is 43.5 Å². The van der Waals surface area contributed by atoms with Crippen molar-refractivity contribution in [3.63, 3.8) is 0 Å². The number of amidine groups is 1. The van der Waals surface area contributed by atoms with Crippen LogP contribution in [0.3, 0.4) is 0 Å². The summed E-state index contributed by atoms with van der Waals surface area (Å²) in [5.74, 6) is 0.408. The molecule has 1 atom stereocenters. The van der Waals surface area contributed by atoms with E-state index in [9.17, 15) is 4.79 Å². The van der Waals surface area contributed by atoms with E-state index in [4.69, 9.17) is 14.5 Å². The number of aryl methyl sites for hydroxylation is 1. The van der Waals surface area contributed by atoms with E-state index in [1.165, 1.54) is 5.56 Å². The Labute approximate surface area is 187 Å². The van der Waals surface area contributed by atoms with Crippen molar-refractivity contribution < 1.29 is 14.3 Å². The standard InChI is InChI=1S/C25H26N2O3S/c1-5-29-21-10-8-7-9-19(21)23-22(24(28)30-6-2)17(4)26-25-27(23)20(15-31-25)18-13-11-16(3)12-14-18/h7-15,23H,5-6H2,1-4H3/t23-/m0/s1. The molecule has 2 heterocycles. The molecule has 6 heteroatoms. The Morgan fingerprint density at radius 2 is 1.81 bits per heavy atom. The molecule has 0 radical (unpaired) electrons. The monoisotopic (exact) mass is 434 g/mol. The average Bonchev–Trinajstić information content (AvgIpc) is 3.17. The highest BCUT2D eigenvalue weighted by molar-refractivity contribution is 8.16. The molecule has 0 saturated carbocycles. The van der Waals surface area contributed by atoms with Crippen molar-refractivity contribution in [2.24, 2.45) is 4.99 Å². The lowest BCUT2D eigenvalue weighted by Crippen LogP contribution is -2.36. The van der Waals surface area contributed by atoms with E-state index in [1.807, 2.05) is 45.0 Å². The summed E-state index contributed by atoms with van der Waals surface area (Å²) in [6, 6.07) is 15.9. The van der Waals surface area contributed by atoms with Crippen LogP contribution in [0.25, 0.3) is 5.70 Å². The van der Waals surface area contributed by atoms with Crippen LogP contribution in [0.15, 0.2) is 70.2 Å². The van der Waals surface area contributed by atoms with Gasteiger partial charge in [-0.3, -0.25) is 0 Å². The maximum atomic E-state index is 13.1. The quantitative estimate of drug-likeness (QED) is 0.547. The lowest BCUT2D eigenvalue weighted by molar-refractivity contribution is -0.139. The molecule has 160 valence electrons. The van der Waals surface area contributed by atoms with Gasteiger partial charge in [-0.2, -0.15) is 0 Å². The fraction of sp³-hybridized carbons (Fsp3) is 0.280. The van der Waals surface area contributed by atoms with E-state index in [-0.39, 0.29) is 5.97 Å². The number of ether oxygens (including phenoxy) is 2. The van der Waals surface area contributed by atoms with Gasteiger partial charge in [0.2, 0.25) is 0 Å². The number of hydrogen-bond acceptors (Lipinski definition) is 6. The minimum atomic E-state index is -0.392. The Balaban J connectivity index is 1.89. The van der Waals surface area contributed by atoms with Crippen LogP contribution in [0.2, 0.25) is 0 Å². The molecule has 0 bridgehead atoms. The summed E-state index contributed by atoms with van der Waals surface area (Å²) in [7, 11) is 0. The van der Waals surface area contributed by atoms with Crippen LogP contribution in [-0.4, -0.2) is 29.3 Å². The van der Waals surface area contributed by atoms with Gasteiger partial charge in [0.15, 0.2) is 5.17 Å².